The van der Waals surface area contributed by atoms with E-state index < -0.39 is 0 Å². The van der Waals surface area contributed by atoms with E-state index in [1.165, 1.54) is 16.5 Å². The molecule has 0 fully saturated rings. The Balaban J connectivity index is 1.88. The molecule has 0 spiro atoms. The van der Waals surface area contributed by atoms with Gasteiger partial charge in [-0.2, -0.15) is 0 Å². The van der Waals surface area contributed by atoms with Gasteiger partial charge in [0.25, 0.3) is 0 Å². The fourth-order valence-corrected chi connectivity index (χ4v) is 3.14. The van der Waals surface area contributed by atoms with Crippen molar-refractivity contribution < 1.29 is 4.42 Å². The quantitative estimate of drug-likeness (QED) is 0.631. The standard InChI is InChI=1S/C22H28N2O/c1-4-23-14-20-19-12-8-9-13-21(19)25-22(20)16-24(17(2)3)15-18-10-6-5-7-11-18/h5-13,17,23H,4,14-16H2,1-3H3. The van der Waals surface area contributed by atoms with Gasteiger partial charge in [0.2, 0.25) is 0 Å². The smallest absolute Gasteiger partial charge is 0.134 e. The zero-order valence-electron chi connectivity index (χ0n) is 15.5. The number of benzene rings is 2. The molecule has 3 heteroatoms. The molecule has 0 unspecified atom stereocenters. The summed E-state index contributed by atoms with van der Waals surface area (Å²) in [7, 11) is 0. The summed E-state index contributed by atoms with van der Waals surface area (Å²) in [4.78, 5) is 2.46. The molecule has 2 aromatic carbocycles. The summed E-state index contributed by atoms with van der Waals surface area (Å²) < 4.78 is 6.23. The Morgan fingerprint density at radius 3 is 2.40 bits per heavy atom. The Morgan fingerprint density at radius 1 is 0.960 bits per heavy atom. The van der Waals surface area contributed by atoms with Gasteiger partial charge in [-0.1, -0.05) is 55.5 Å². The SMILES string of the molecule is CCNCc1c(CN(Cc2ccccc2)C(C)C)oc2ccccc12. The lowest BCUT2D eigenvalue weighted by molar-refractivity contribution is 0.188. The maximum absolute atomic E-state index is 6.23. The summed E-state index contributed by atoms with van der Waals surface area (Å²) in [6.07, 6.45) is 0. The Bertz CT molecular complexity index is 792. The van der Waals surface area contributed by atoms with Crippen molar-refractivity contribution >= 4 is 11.0 Å². The molecule has 3 aromatic rings. The molecule has 0 radical (unpaired) electrons. The molecule has 0 amide bonds. The van der Waals surface area contributed by atoms with Crippen molar-refractivity contribution in [2.75, 3.05) is 6.54 Å². The largest absolute Gasteiger partial charge is 0.459 e. The number of hydrogen-bond donors (Lipinski definition) is 1. The van der Waals surface area contributed by atoms with Gasteiger partial charge in [-0.25, -0.2) is 0 Å². The molecule has 25 heavy (non-hydrogen) atoms. The normalized spacial score (nSPS) is 11.7. The van der Waals surface area contributed by atoms with E-state index in [0.717, 1.165) is 37.5 Å². The average molecular weight is 336 g/mol. The van der Waals surface area contributed by atoms with Crippen molar-refractivity contribution in [2.45, 2.75) is 46.4 Å². The molecule has 0 saturated heterocycles. The second kappa shape index (κ2) is 8.32. The lowest BCUT2D eigenvalue weighted by Gasteiger charge is -2.26. The van der Waals surface area contributed by atoms with E-state index in [9.17, 15) is 0 Å². The molecular weight excluding hydrogens is 308 g/mol. The van der Waals surface area contributed by atoms with Crippen LogP contribution in [0.25, 0.3) is 11.0 Å². The minimum Gasteiger partial charge on any atom is -0.459 e. The molecule has 3 nitrogen and oxygen atoms in total. The molecule has 0 atom stereocenters. The zero-order chi connectivity index (χ0) is 17.6. The van der Waals surface area contributed by atoms with Gasteiger partial charge in [-0.15, -0.1) is 0 Å². The average Bonchev–Trinajstić information content (AvgIpc) is 2.97. The highest BCUT2D eigenvalue weighted by Crippen LogP contribution is 2.28. The molecule has 1 N–H and O–H groups in total. The first-order valence-electron chi connectivity index (χ1n) is 9.17. The van der Waals surface area contributed by atoms with Crippen LogP contribution < -0.4 is 5.32 Å². The second-order valence-corrected chi connectivity index (χ2v) is 6.76. The van der Waals surface area contributed by atoms with E-state index >= 15 is 0 Å². The lowest BCUT2D eigenvalue weighted by atomic mass is 10.1. The lowest BCUT2D eigenvalue weighted by Crippen LogP contribution is -2.30. The Morgan fingerprint density at radius 2 is 1.68 bits per heavy atom. The maximum atomic E-state index is 6.23. The fourth-order valence-electron chi connectivity index (χ4n) is 3.14. The topological polar surface area (TPSA) is 28.4 Å². The summed E-state index contributed by atoms with van der Waals surface area (Å²) in [5.41, 5.74) is 3.60. The van der Waals surface area contributed by atoms with Crippen LogP contribution in [0.2, 0.25) is 0 Å². The van der Waals surface area contributed by atoms with Crippen LogP contribution in [0.1, 0.15) is 37.7 Å². The summed E-state index contributed by atoms with van der Waals surface area (Å²) in [5.74, 6) is 1.08. The highest BCUT2D eigenvalue weighted by Gasteiger charge is 2.18. The van der Waals surface area contributed by atoms with Crippen LogP contribution >= 0.6 is 0 Å². The number of nitrogens with one attached hydrogen (secondary N) is 1. The summed E-state index contributed by atoms with van der Waals surface area (Å²) in [5, 5.41) is 4.68. The van der Waals surface area contributed by atoms with Gasteiger partial charge in [-0.05, 0) is 32.0 Å². The van der Waals surface area contributed by atoms with Gasteiger partial charge in [0.05, 0.1) is 6.54 Å². The predicted molar refractivity (Wildman–Crippen MR) is 104 cm³/mol. The fraction of sp³-hybridized carbons (Fsp3) is 0.364. The van der Waals surface area contributed by atoms with Crippen LogP contribution in [0, 0.1) is 0 Å². The van der Waals surface area contributed by atoms with E-state index in [1.807, 2.05) is 6.07 Å². The minimum absolute atomic E-state index is 0.445. The molecule has 0 bridgehead atoms. The summed E-state index contributed by atoms with van der Waals surface area (Å²) in [6, 6.07) is 19.4. The van der Waals surface area contributed by atoms with Crippen LogP contribution in [0.4, 0.5) is 0 Å². The molecule has 1 aromatic heterocycles. The number of fused-ring (bicyclic) bond motifs is 1. The van der Waals surface area contributed by atoms with Crippen molar-refractivity contribution in [3.05, 3.63) is 71.5 Å². The Hall–Kier alpha value is -2.10. The van der Waals surface area contributed by atoms with Crippen LogP contribution in [-0.2, 0) is 19.6 Å². The van der Waals surface area contributed by atoms with E-state index in [-0.39, 0.29) is 0 Å². The van der Waals surface area contributed by atoms with Crippen LogP contribution in [-0.4, -0.2) is 17.5 Å². The van der Waals surface area contributed by atoms with Gasteiger partial charge in [0.15, 0.2) is 0 Å². The van der Waals surface area contributed by atoms with Crippen LogP contribution in [0.15, 0.2) is 59.0 Å². The van der Waals surface area contributed by atoms with Crippen molar-refractivity contribution in [1.29, 1.82) is 0 Å². The van der Waals surface area contributed by atoms with Crippen molar-refractivity contribution in [3.8, 4) is 0 Å². The van der Waals surface area contributed by atoms with Gasteiger partial charge in [0, 0.05) is 30.1 Å². The molecule has 0 aliphatic heterocycles. The number of nitrogens with zero attached hydrogens (tertiary/aromatic N) is 1. The number of rotatable bonds is 8. The first-order valence-corrected chi connectivity index (χ1v) is 9.17. The molecule has 0 saturated carbocycles. The Labute approximate surface area is 150 Å². The summed E-state index contributed by atoms with van der Waals surface area (Å²) >= 11 is 0. The highest BCUT2D eigenvalue weighted by molar-refractivity contribution is 5.82. The van der Waals surface area contributed by atoms with Gasteiger partial charge >= 0.3 is 0 Å². The molecular formula is C22H28N2O. The van der Waals surface area contributed by atoms with Gasteiger partial charge in [-0.3, -0.25) is 4.90 Å². The van der Waals surface area contributed by atoms with Crippen molar-refractivity contribution in [3.63, 3.8) is 0 Å². The second-order valence-electron chi connectivity index (χ2n) is 6.76. The molecule has 132 valence electrons. The monoisotopic (exact) mass is 336 g/mol. The first kappa shape index (κ1) is 17.7. The highest BCUT2D eigenvalue weighted by atomic mass is 16.3. The zero-order valence-corrected chi connectivity index (χ0v) is 15.5. The van der Waals surface area contributed by atoms with Crippen molar-refractivity contribution in [2.24, 2.45) is 0 Å². The molecule has 0 aliphatic carbocycles. The minimum atomic E-state index is 0.445. The van der Waals surface area contributed by atoms with Gasteiger partial charge in [0.1, 0.15) is 11.3 Å². The van der Waals surface area contributed by atoms with Gasteiger partial charge < -0.3 is 9.73 Å². The number of furan rings is 1. The number of hydrogen-bond acceptors (Lipinski definition) is 3. The Kier molecular flexibility index (Phi) is 5.90. The van der Waals surface area contributed by atoms with Crippen molar-refractivity contribution in [1.82, 2.24) is 10.2 Å². The molecule has 0 aliphatic rings. The summed E-state index contributed by atoms with van der Waals surface area (Å²) in [6.45, 7) is 10.2. The van der Waals surface area contributed by atoms with E-state index in [2.05, 4.69) is 79.5 Å². The predicted octanol–water partition coefficient (Wildman–Crippen LogP) is 4.95. The third-order valence-corrected chi connectivity index (χ3v) is 4.64. The van der Waals surface area contributed by atoms with E-state index in [0.29, 0.717) is 6.04 Å². The van der Waals surface area contributed by atoms with E-state index in [1.54, 1.807) is 0 Å². The van der Waals surface area contributed by atoms with Crippen LogP contribution in [0.5, 0.6) is 0 Å². The first-order chi connectivity index (χ1) is 12.2. The molecule has 3 rings (SSSR count). The maximum Gasteiger partial charge on any atom is 0.134 e. The van der Waals surface area contributed by atoms with Crippen LogP contribution in [0.3, 0.4) is 0 Å². The third kappa shape index (κ3) is 4.30. The van der Waals surface area contributed by atoms with E-state index in [4.69, 9.17) is 4.42 Å². The third-order valence-electron chi connectivity index (χ3n) is 4.64. The molecule has 1 heterocycles. The number of para-hydroxylation sites is 1.